The molecule has 0 radical (unpaired) electrons. The van der Waals surface area contributed by atoms with E-state index >= 15 is 0 Å². The minimum Gasteiger partial charge on any atom is -0.462 e. The van der Waals surface area contributed by atoms with Crippen LogP contribution in [0, 0.1) is 5.41 Å². The van der Waals surface area contributed by atoms with Crippen molar-refractivity contribution in [3.8, 4) is 0 Å². The van der Waals surface area contributed by atoms with Gasteiger partial charge in [-0.25, -0.2) is 4.79 Å². The van der Waals surface area contributed by atoms with Crippen LogP contribution in [0.1, 0.15) is 6.92 Å². The van der Waals surface area contributed by atoms with Gasteiger partial charge in [-0.2, -0.15) is 0 Å². The van der Waals surface area contributed by atoms with Crippen molar-refractivity contribution in [2.24, 2.45) is 5.41 Å². The zero-order valence-electron chi connectivity index (χ0n) is 11.1. The Morgan fingerprint density at radius 3 is 2.89 bits per heavy atom. The Balaban J connectivity index is 1.88. The van der Waals surface area contributed by atoms with Crippen molar-refractivity contribution >= 4 is 18.5 Å². The Morgan fingerprint density at radius 2 is 2.32 bits per heavy atom. The number of carbonyl (C=O) groups is 1. The van der Waals surface area contributed by atoms with Gasteiger partial charge in [-0.05, 0) is 12.0 Å². The molecule has 1 aliphatic heterocycles. The number of esters is 1. The summed E-state index contributed by atoms with van der Waals surface area (Å²) in [6.45, 7) is 7.01. The Bertz CT molecular complexity index is 441. The van der Waals surface area contributed by atoms with Crippen LogP contribution in [0.3, 0.4) is 0 Å². The van der Waals surface area contributed by atoms with E-state index in [9.17, 15) is 4.79 Å². The summed E-state index contributed by atoms with van der Waals surface area (Å²) in [7, 11) is -0.0932. The molecule has 2 rings (SSSR count). The lowest BCUT2D eigenvalue weighted by Crippen LogP contribution is -2.58. The van der Waals surface area contributed by atoms with Crippen LogP contribution >= 0.6 is 0 Å². The second-order valence-corrected chi connectivity index (χ2v) is 5.11. The third kappa shape index (κ3) is 3.69. The predicted octanol–water partition coefficient (Wildman–Crippen LogP) is 0.737. The molecule has 1 aromatic carbocycles. The zero-order valence-corrected chi connectivity index (χ0v) is 11.1. The van der Waals surface area contributed by atoms with Crippen LogP contribution in [0.15, 0.2) is 43.0 Å². The molecule has 1 saturated heterocycles. The lowest BCUT2D eigenvalue weighted by atomic mass is 9.70. The van der Waals surface area contributed by atoms with E-state index in [1.54, 1.807) is 0 Å². The minimum atomic E-state index is -0.397. The van der Waals surface area contributed by atoms with Crippen molar-refractivity contribution in [2.75, 3.05) is 19.8 Å². The number of ether oxygens (including phenoxy) is 1. The van der Waals surface area contributed by atoms with Gasteiger partial charge < -0.3 is 14.6 Å². The van der Waals surface area contributed by atoms with Gasteiger partial charge in [-0.1, -0.05) is 43.8 Å². The third-order valence-electron chi connectivity index (χ3n) is 3.14. The van der Waals surface area contributed by atoms with Crippen molar-refractivity contribution in [1.82, 2.24) is 5.23 Å². The van der Waals surface area contributed by atoms with Crippen molar-refractivity contribution in [3.63, 3.8) is 0 Å². The van der Waals surface area contributed by atoms with Gasteiger partial charge in [-0.15, -0.1) is 0 Å². The van der Waals surface area contributed by atoms with Crippen LogP contribution in [0.4, 0.5) is 0 Å². The van der Waals surface area contributed by atoms with Crippen molar-refractivity contribution in [2.45, 2.75) is 6.92 Å². The molecular weight excluding hydrogens is 241 g/mol. The van der Waals surface area contributed by atoms with Gasteiger partial charge >= 0.3 is 13.0 Å². The summed E-state index contributed by atoms with van der Waals surface area (Å²) >= 11 is 0. The van der Waals surface area contributed by atoms with E-state index in [1.165, 1.54) is 6.08 Å². The summed E-state index contributed by atoms with van der Waals surface area (Å²) in [5, 5.41) is 3.33. The van der Waals surface area contributed by atoms with Crippen LogP contribution in [0.2, 0.25) is 0 Å². The Labute approximate surface area is 113 Å². The van der Waals surface area contributed by atoms with E-state index in [4.69, 9.17) is 9.39 Å². The first-order valence-corrected chi connectivity index (χ1v) is 6.32. The number of carbonyl (C=O) groups excluding carboxylic acids is 1. The van der Waals surface area contributed by atoms with Gasteiger partial charge in [0.05, 0.1) is 0 Å². The second kappa shape index (κ2) is 6.04. The maximum Gasteiger partial charge on any atom is 0.415 e. The maximum atomic E-state index is 11.1. The summed E-state index contributed by atoms with van der Waals surface area (Å²) in [5.74, 6) is -0.397. The first-order valence-electron chi connectivity index (χ1n) is 6.32. The molecule has 0 aromatic heterocycles. The number of hydrogen-bond acceptors (Lipinski definition) is 4. The van der Waals surface area contributed by atoms with Crippen LogP contribution in [0.25, 0.3) is 0 Å². The monoisotopic (exact) mass is 259 g/mol. The van der Waals surface area contributed by atoms with E-state index in [1.807, 2.05) is 37.3 Å². The molecule has 0 spiro atoms. The number of nitrogens with one attached hydrogen (secondary N) is 1. The molecular formula is C14H18BNO3. The minimum absolute atomic E-state index is 0.0932. The summed E-state index contributed by atoms with van der Waals surface area (Å²) < 4.78 is 10.9. The van der Waals surface area contributed by atoms with E-state index in [0.717, 1.165) is 12.0 Å². The summed E-state index contributed by atoms with van der Waals surface area (Å²) in [6, 6.07) is 10.0. The fourth-order valence-corrected chi connectivity index (χ4v) is 1.97. The lowest BCUT2D eigenvalue weighted by molar-refractivity contribution is -0.141. The zero-order chi connectivity index (χ0) is 13.7. The average Bonchev–Trinajstić information content (AvgIpc) is 2.46. The topological polar surface area (TPSA) is 47.6 Å². The number of rotatable bonds is 4. The van der Waals surface area contributed by atoms with E-state index in [0.29, 0.717) is 13.2 Å². The highest BCUT2D eigenvalue weighted by molar-refractivity contribution is 6.65. The van der Waals surface area contributed by atoms with Crippen molar-refractivity contribution < 1.29 is 14.2 Å². The molecule has 0 saturated carbocycles. The lowest BCUT2D eigenvalue weighted by Gasteiger charge is -2.36. The summed E-state index contributed by atoms with van der Waals surface area (Å²) in [5.41, 5.74) is 0.900. The number of hydrogen-bond donors (Lipinski definition) is 1. The highest BCUT2D eigenvalue weighted by Crippen LogP contribution is 2.20. The Morgan fingerprint density at radius 1 is 1.58 bits per heavy atom. The van der Waals surface area contributed by atoms with Gasteiger partial charge in [0.1, 0.15) is 6.61 Å². The molecule has 19 heavy (non-hydrogen) atoms. The van der Waals surface area contributed by atoms with Gasteiger partial charge in [0, 0.05) is 18.1 Å². The molecule has 1 aromatic rings. The fraction of sp³-hybridized carbons (Fsp3) is 0.357. The summed E-state index contributed by atoms with van der Waals surface area (Å²) in [6.07, 6.45) is 1.17. The van der Waals surface area contributed by atoms with Gasteiger partial charge in [0.25, 0.3) is 0 Å². The molecule has 1 aliphatic rings. The molecule has 1 fully saturated rings. The smallest absolute Gasteiger partial charge is 0.415 e. The van der Waals surface area contributed by atoms with Crippen molar-refractivity contribution in [3.05, 3.63) is 43.0 Å². The first kappa shape index (κ1) is 13.8. The molecule has 1 unspecified atom stereocenters. The molecule has 1 atom stereocenters. The SMILES string of the molecule is C=CC(=O)OCC1(C)CNB(c2ccccc2)OC1. The fourth-order valence-electron chi connectivity index (χ4n) is 1.97. The molecule has 5 heteroatoms. The largest absolute Gasteiger partial charge is 0.462 e. The van der Waals surface area contributed by atoms with Gasteiger partial charge in [0.15, 0.2) is 0 Å². The van der Waals surface area contributed by atoms with Crippen LogP contribution in [-0.2, 0) is 14.2 Å². The quantitative estimate of drug-likeness (QED) is 0.492. The van der Waals surface area contributed by atoms with Crippen LogP contribution < -0.4 is 10.7 Å². The molecule has 1 N–H and O–H groups in total. The average molecular weight is 259 g/mol. The summed E-state index contributed by atoms with van der Waals surface area (Å²) in [4.78, 5) is 11.1. The molecule has 0 aliphatic carbocycles. The second-order valence-electron chi connectivity index (χ2n) is 5.11. The molecule has 0 bridgehead atoms. The first-order chi connectivity index (χ1) is 9.13. The number of benzene rings is 1. The molecule has 4 nitrogen and oxygen atoms in total. The highest BCUT2D eigenvalue weighted by atomic mass is 16.5. The highest BCUT2D eigenvalue weighted by Gasteiger charge is 2.35. The third-order valence-corrected chi connectivity index (χ3v) is 3.14. The standard InChI is InChI=1S/C14H18BNO3/c1-3-13(17)18-10-14(2)9-16-15(19-11-14)12-7-5-4-6-8-12/h3-8,16H,1,9-11H2,2H3. The molecule has 100 valence electrons. The van der Waals surface area contributed by atoms with E-state index < -0.39 is 5.97 Å². The van der Waals surface area contributed by atoms with Crippen LogP contribution in [0.5, 0.6) is 0 Å². The van der Waals surface area contributed by atoms with E-state index in [-0.39, 0.29) is 12.5 Å². The van der Waals surface area contributed by atoms with Gasteiger partial charge in [0.2, 0.25) is 0 Å². The van der Waals surface area contributed by atoms with E-state index in [2.05, 4.69) is 11.8 Å². The normalized spacial score (nSPS) is 22.9. The Hall–Kier alpha value is -1.59. The molecule has 1 heterocycles. The van der Waals surface area contributed by atoms with Gasteiger partial charge in [-0.3, -0.25) is 0 Å². The van der Waals surface area contributed by atoms with Crippen LogP contribution in [-0.4, -0.2) is 32.8 Å². The Kier molecular flexibility index (Phi) is 4.40. The maximum absolute atomic E-state index is 11.1. The van der Waals surface area contributed by atoms with Crippen molar-refractivity contribution in [1.29, 1.82) is 0 Å². The molecule has 0 amide bonds. The predicted molar refractivity (Wildman–Crippen MR) is 75.0 cm³/mol.